The van der Waals surface area contributed by atoms with Crippen LogP contribution in [0.15, 0.2) is 16.6 Å². The highest BCUT2D eigenvalue weighted by Crippen LogP contribution is 2.37. The van der Waals surface area contributed by atoms with Crippen molar-refractivity contribution in [3.63, 3.8) is 0 Å². The molecule has 1 aromatic rings. The number of hydrogen-bond donors (Lipinski definition) is 2. The highest BCUT2D eigenvalue weighted by atomic mass is 79.9. The second-order valence-electron chi connectivity index (χ2n) is 4.06. The molecule has 0 aliphatic heterocycles. The predicted octanol–water partition coefficient (Wildman–Crippen LogP) is 2.56. The summed E-state index contributed by atoms with van der Waals surface area (Å²) in [6, 6.07) is 2.94. The maximum atomic E-state index is 11.0. The van der Waals surface area contributed by atoms with Crippen molar-refractivity contribution in [2.75, 3.05) is 13.2 Å². The molecule has 0 aromatic heterocycles. The van der Waals surface area contributed by atoms with E-state index in [0.717, 1.165) is 0 Å². The van der Waals surface area contributed by atoms with Crippen LogP contribution in [0, 0.1) is 10.1 Å². The van der Waals surface area contributed by atoms with Crippen LogP contribution in [-0.2, 0) is 0 Å². The third kappa shape index (κ3) is 4.45. The molecule has 0 saturated carbocycles. The van der Waals surface area contributed by atoms with Gasteiger partial charge >= 0.3 is 5.69 Å². The fourth-order valence-corrected chi connectivity index (χ4v) is 2.05. The molecule has 0 heterocycles. The maximum Gasteiger partial charge on any atom is 0.312 e. The number of halogens is 1. The Morgan fingerprint density at radius 1 is 1.47 bits per heavy atom. The third-order valence-corrected chi connectivity index (χ3v) is 2.97. The first-order valence-corrected chi connectivity index (χ1v) is 6.66. The van der Waals surface area contributed by atoms with Crippen LogP contribution >= 0.6 is 15.9 Å². The van der Waals surface area contributed by atoms with Crippen LogP contribution in [0.2, 0.25) is 0 Å². The first kappa shape index (κ1) is 15.9. The van der Waals surface area contributed by atoms with Gasteiger partial charge in [0.15, 0.2) is 0 Å². The number of nitro benzene ring substituents is 1. The number of aliphatic hydroxyl groups excluding tert-OH is 2. The number of rotatable bonds is 7. The quantitative estimate of drug-likeness (QED) is 0.454. The molecule has 1 rings (SSSR count). The molecular weight excluding hydrogens is 318 g/mol. The van der Waals surface area contributed by atoms with Gasteiger partial charge in [0.2, 0.25) is 5.75 Å². The summed E-state index contributed by atoms with van der Waals surface area (Å²) in [7, 11) is 0. The Labute approximate surface area is 119 Å². The lowest BCUT2D eigenvalue weighted by Gasteiger charge is -2.14. The summed E-state index contributed by atoms with van der Waals surface area (Å²) in [5, 5.41) is 29.4. The fraction of sp³-hybridized carbons (Fsp3) is 0.500. The summed E-state index contributed by atoms with van der Waals surface area (Å²) in [5.41, 5.74) is 0.180. The molecule has 0 radical (unpaired) electrons. The minimum Gasteiger partial charge on any atom is -0.487 e. The van der Waals surface area contributed by atoms with Gasteiger partial charge in [-0.3, -0.25) is 10.1 Å². The molecular formula is C12H16BrNO5. The van der Waals surface area contributed by atoms with Crippen molar-refractivity contribution in [2.45, 2.75) is 25.9 Å². The topological polar surface area (TPSA) is 92.8 Å². The largest absolute Gasteiger partial charge is 0.487 e. The van der Waals surface area contributed by atoms with Crippen molar-refractivity contribution < 1.29 is 19.9 Å². The Bertz CT molecular complexity index is 450. The molecule has 0 fully saturated rings. The normalized spacial score (nSPS) is 12.2. The minimum absolute atomic E-state index is 0.0506. The molecule has 19 heavy (non-hydrogen) atoms. The van der Waals surface area contributed by atoms with Gasteiger partial charge in [0.05, 0.1) is 17.6 Å². The summed E-state index contributed by atoms with van der Waals surface area (Å²) in [5.74, 6) is 0.0844. The Balaban J connectivity index is 3.05. The number of unbranched alkanes of at least 4 members (excludes halogenated alkanes) is 1. The molecule has 6 nitrogen and oxygen atoms in total. The van der Waals surface area contributed by atoms with Gasteiger partial charge in [-0.15, -0.1) is 0 Å². The lowest BCUT2D eigenvalue weighted by Crippen LogP contribution is -2.06. The lowest BCUT2D eigenvalue weighted by atomic mass is 10.1. The number of nitro groups is 1. The van der Waals surface area contributed by atoms with Crippen LogP contribution in [0.3, 0.4) is 0 Å². The minimum atomic E-state index is -0.871. The van der Waals surface area contributed by atoms with Crippen molar-refractivity contribution in [1.82, 2.24) is 0 Å². The third-order valence-electron chi connectivity index (χ3n) is 2.51. The molecule has 0 aliphatic rings. The molecule has 106 valence electrons. The average Bonchev–Trinajstić information content (AvgIpc) is 2.34. The number of hydrogen-bond acceptors (Lipinski definition) is 5. The van der Waals surface area contributed by atoms with Crippen LogP contribution in [-0.4, -0.2) is 28.4 Å². The molecule has 0 amide bonds. The predicted molar refractivity (Wildman–Crippen MR) is 73.2 cm³/mol. The van der Waals surface area contributed by atoms with E-state index in [1.165, 1.54) is 13.0 Å². The molecule has 1 aromatic carbocycles. The smallest absolute Gasteiger partial charge is 0.312 e. The zero-order valence-corrected chi connectivity index (χ0v) is 12.1. The van der Waals surface area contributed by atoms with E-state index >= 15 is 0 Å². The average molecular weight is 334 g/mol. The monoisotopic (exact) mass is 333 g/mol. The van der Waals surface area contributed by atoms with Crippen LogP contribution in [0.4, 0.5) is 5.69 Å². The standard InChI is InChI=1S/C12H16BrNO5/c1-8(16)10-6-9(13)7-11(14(17)18)12(10)19-5-3-2-4-15/h6-8,15-16H,2-5H2,1H3/t8-/m0/s1. The molecule has 7 heteroatoms. The summed E-state index contributed by atoms with van der Waals surface area (Å²) in [4.78, 5) is 10.5. The SMILES string of the molecule is C[C@H](O)c1cc(Br)cc([N+](=O)[O-])c1OCCCCO. The van der Waals surface area contributed by atoms with Gasteiger partial charge in [-0.2, -0.15) is 0 Å². The van der Waals surface area contributed by atoms with Crippen molar-refractivity contribution in [3.8, 4) is 5.75 Å². The molecule has 0 aliphatic carbocycles. The van der Waals surface area contributed by atoms with E-state index in [1.54, 1.807) is 6.07 Å². The van der Waals surface area contributed by atoms with E-state index in [0.29, 0.717) is 22.9 Å². The van der Waals surface area contributed by atoms with Crippen LogP contribution in [0.1, 0.15) is 31.4 Å². The van der Waals surface area contributed by atoms with Gasteiger partial charge in [-0.25, -0.2) is 0 Å². The van der Waals surface area contributed by atoms with Crippen molar-refractivity contribution in [2.24, 2.45) is 0 Å². The number of ether oxygens (including phenoxy) is 1. The molecule has 2 N–H and O–H groups in total. The van der Waals surface area contributed by atoms with E-state index in [4.69, 9.17) is 9.84 Å². The summed E-state index contributed by atoms with van der Waals surface area (Å²) >= 11 is 3.17. The highest BCUT2D eigenvalue weighted by molar-refractivity contribution is 9.10. The number of benzene rings is 1. The fourth-order valence-electron chi connectivity index (χ4n) is 1.59. The molecule has 0 unspecified atom stereocenters. The van der Waals surface area contributed by atoms with E-state index in [9.17, 15) is 15.2 Å². The Morgan fingerprint density at radius 3 is 2.68 bits per heavy atom. The summed E-state index contributed by atoms with van der Waals surface area (Å²) < 4.78 is 5.93. The molecule has 0 spiro atoms. The van der Waals surface area contributed by atoms with Gasteiger partial charge in [0, 0.05) is 22.7 Å². The maximum absolute atomic E-state index is 11.0. The second-order valence-corrected chi connectivity index (χ2v) is 4.97. The van der Waals surface area contributed by atoms with E-state index in [2.05, 4.69) is 15.9 Å². The van der Waals surface area contributed by atoms with E-state index in [-0.39, 0.29) is 24.7 Å². The van der Waals surface area contributed by atoms with Gasteiger partial charge in [-0.1, -0.05) is 15.9 Å². The first-order valence-electron chi connectivity index (χ1n) is 5.87. The second kappa shape index (κ2) is 7.42. The van der Waals surface area contributed by atoms with Gasteiger partial charge in [0.1, 0.15) is 0 Å². The van der Waals surface area contributed by atoms with Gasteiger partial charge < -0.3 is 14.9 Å². The van der Waals surface area contributed by atoms with E-state index in [1.807, 2.05) is 0 Å². The van der Waals surface area contributed by atoms with E-state index < -0.39 is 11.0 Å². The van der Waals surface area contributed by atoms with Crippen LogP contribution < -0.4 is 4.74 Å². The lowest BCUT2D eigenvalue weighted by molar-refractivity contribution is -0.386. The molecule has 1 atom stereocenters. The van der Waals surface area contributed by atoms with Crippen LogP contribution in [0.25, 0.3) is 0 Å². The van der Waals surface area contributed by atoms with Gasteiger partial charge in [0.25, 0.3) is 0 Å². The van der Waals surface area contributed by atoms with Crippen LogP contribution in [0.5, 0.6) is 5.75 Å². The number of aliphatic hydroxyl groups is 2. The zero-order chi connectivity index (χ0) is 14.4. The van der Waals surface area contributed by atoms with Crippen molar-refractivity contribution in [3.05, 3.63) is 32.3 Å². The van der Waals surface area contributed by atoms with Crippen molar-refractivity contribution >= 4 is 21.6 Å². The molecule has 0 saturated heterocycles. The Morgan fingerprint density at radius 2 is 2.16 bits per heavy atom. The zero-order valence-electron chi connectivity index (χ0n) is 10.5. The van der Waals surface area contributed by atoms with Gasteiger partial charge in [-0.05, 0) is 25.8 Å². The number of nitrogens with zero attached hydrogens (tertiary/aromatic N) is 1. The Hall–Kier alpha value is -1.18. The summed E-state index contributed by atoms with van der Waals surface area (Å²) in [6.07, 6.45) is 0.279. The molecule has 0 bridgehead atoms. The Kier molecular flexibility index (Phi) is 6.20. The first-order chi connectivity index (χ1) is 8.97. The summed E-state index contributed by atoms with van der Waals surface area (Å²) in [6.45, 7) is 1.82. The highest BCUT2D eigenvalue weighted by Gasteiger charge is 2.23. The van der Waals surface area contributed by atoms with Crippen molar-refractivity contribution in [1.29, 1.82) is 0 Å².